The van der Waals surface area contributed by atoms with Gasteiger partial charge in [-0.1, -0.05) is 0 Å². The van der Waals surface area contributed by atoms with Crippen LogP contribution in [0.1, 0.15) is 0 Å². The van der Waals surface area contributed by atoms with E-state index >= 15 is 0 Å². The Kier molecular flexibility index (Phi) is 4.15. The van der Waals surface area contributed by atoms with Gasteiger partial charge in [-0.05, 0) is 0 Å². The summed E-state index contributed by atoms with van der Waals surface area (Å²) in [6, 6.07) is 8.29. The van der Waals surface area contributed by atoms with Crippen LogP contribution in [0.4, 0.5) is 0 Å². The summed E-state index contributed by atoms with van der Waals surface area (Å²) in [6.07, 6.45) is 0. The van der Waals surface area contributed by atoms with Gasteiger partial charge < -0.3 is 0 Å². The third-order valence-electron chi connectivity index (χ3n) is 1.47. The third-order valence-corrected chi connectivity index (χ3v) is 3.78. The molecule has 0 aromatic heterocycles. The monoisotopic (exact) mass is 232 g/mol. The molecule has 12 heavy (non-hydrogen) atoms. The van der Waals surface area contributed by atoms with E-state index in [1.807, 2.05) is 12.1 Å². The molecule has 1 rings (SSSR count). The van der Waals surface area contributed by atoms with Crippen molar-refractivity contribution in [2.75, 3.05) is 13.7 Å². The first-order chi connectivity index (χ1) is 5.86. The molecule has 0 aliphatic heterocycles. The summed E-state index contributed by atoms with van der Waals surface area (Å²) in [6.45, 7) is 1.03. The Balaban J connectivity index is 2.53. The molecule has 1 aromatic carbocycles. The summed E-state index contributed by atoms with van der Waals surface area (Å²) >= 11 is 0.591. The fourth-order valence-corrected chi connectivity index (χ4v) is 2.35. The van der Waals surface area contributed by atoms with Crippen molar-refractivity contribution in [3.8, 4) is 5.75 Å². The second kappa shape index (κ2) is 5.20. The molecule has 1 aromatic rings. The average molecular weight is 231 g/mol. The molecule has 2 nitrogen and oxygen atoms in total. The first-order valence-corrected chi connectivity index (χ1v) is 5.99. The fourth-order valence-electron chi connectivity index (χ4n) is 0.862. The van der Waals surface area contributed by atoms with Crippen LogP contribution in [0, 0.1) is 0 Å². The third kappa shape index (κ3) is 2.86. The van der Waals surface area contributed by atoms with Gasteiger partial charge in [0.05, 0.1) is 0 Å². The molecule has 0 fully saturated rings. The summed E-state index contributed by atoms with van der Waals surface area (Å²) in [5.41, 5.74) is 3.83. The predicted molar refractivity (Wildman–Crippen MR) is 50.9 cm³/mol. The molecule has 0 atom stereocenters. The zero-order chi connectivity index (χ0) is 8.81. The Morgan fingerprint density at radius 1 is 1.33 bits per heavy atom. The van der Waals surface area contributed by atoms with Crippen molar-refractivity contribution < 1.29 is 10.5 Å². The van der Waals surface area contributed by atoms with Crippen LogP contribution in [0.25, 0.3) is 0 Å². The van der Waals surface area contributed by atoms with Gasteiger partial charge in [0.1, 0.15) is 0 Å². The van der Waals surface area contributed by atoms with E-state index in [-0.39, 0.29) is 0 Å². The number of hydrogen-bond donors (Lipinski definition) is 1. The Bertz CT molecular complexity index is 222. The van der Waals surface area contributed by atoms with Gasteiger partial charge in [-0.25, -0.2) is 0 Å². The summed E-state index contributed by atoms with van der Waals surface area (Å²) in [5, 5.41) is 1.22. The molecule has 0 bridgehead atoms. The van der Waals surface area contributed by atoms with Gasteiger partial charge in [0, 0.05) is 0 Å². The number of methoxy groups -OCH3 is 1. The molecule has 0 heterocycles. The second-order valence-electron chi connectivity index (χ2n) is 2.38. The van der Waals surface area contributed by atoms with Crippen molar-refractivity contribution >= 4 is 19.4 Å². The van der Waals surface area contributed by atoms with E-state index in [1.165, 1.54) is 9.78 Å². The van der Waals surface area contributed by atoms with E-state index in [0.717, 1.165) is 12.3 Å². The van der Waals surface area contributed by atoms with Crippen LogP contribution in [-0.2, 0) is 0 Å². The molecular weight excluding hydrogens is 217 g/mol. The van der Waals surface area contributed by atoms with Gasteiger partial charge in [0.2, 0.25) is 0 Å². The summed E-state index contributed by atoms with van der Waals surface area (Å²) < 4.78 is 6.49. The number of benzene rings is 1. The normalized spacial score (nSPS) is 9.83. The van der Waals surface area contributed by atoms with Gasteiger partial charge in [0.25, 0.3) is 0 Å². The molecule has 0 saturated carbocycles. The molecule has 0 unspecified atom stereocenters. The molecule has 66 valence electrons. The van der Waals surface area contributed by atoms with Crippen molar-refractivity contribution in [2.45, 2.75) is 5.32 Å². The summed E-state index contributed by atoms with van der Waals surface area (Å²) in [4.78, 5) is 0. The van der Waals surface area contributed by atoms with E-state index < -0.39 is 0 Å². The minimum absolute atomic E-state index is 0.591. The predicted octanol–water partition coefficient (Wildman–Crippen LogP) is -0.315. The molecule has 0 aliphatic carbocycles. The zero-order valence-corrected chi connectivity index (χ0v) is 8.96. The van der Waals surface area contributed by atoms with E-state index in [0.29, 0.717) is 15.0 Å². The Labute approximate surface area is 79.3 Å². The summed E-state index contributed by atoms with van der Waals surface area (Å²) in [7, 11) is 1.69. The van der Waals surface area contributed by atoms with Gasteiger partial charge in [-0.2, -0.15) is 0 Å². The SMILES string of the molecule is COc1ccc([Se]CC[NH3+])cc1. The van der Waals surface area contributed by atoms with E-state index in [2.05, 4.69) is 17.9 Å². The van der Waals surface area contributed by atoms with Crippen molar-refractivity contribution in [1.29, 1.82) is 0 Å². The van der Waals surface area contributed by atoms with Gasteiger partial charge in [-0.3, -0.25) is 0 Å². The van der Waals surface area contributed by atoms with Crippen LogP contribution >= 0.6 is 0 Å². The minimum atomic E-state index is 0.591. The van der Waals surface area contributed by atoms with E-state index in [4.69, 9.17) is 4.74 Å². The van der Waals surface area contributed by atoms with Crippen molar-refractivity contribution in [2.24, 2.45) is 0 Å². The van der Waals surface area contributed by atoms with Crippen LogP contribution in [0.3, 0.4) is 0 Å². The molecular formula is C9H14NOSe+. The molecule has 0 saturated heterocycles. The maximum absolute atomic E-state index is 5.07. The van der Waals surface area contributed by atoms with Crippen molar-refractivity contribution in [1.82, 2.24) is 0 Å². The van der Waals surface area contributed by atoms with Crippen LogP contribution < -0.4 is 14.9 Å². The Morgan fingerprint density at radius 2 is 2.00 bits per heavy atom. The van der Waals surface area contributed by atoms with Gasteiger partial charge in [0.15, 0.2) is 0 Å². The Morgan fingerprint density at radius 3 is 2.50 bits per heavy atom. The Hall–Kier alpha value is -0.501. The van der Waals surface area contributed by atoms with E-state index in [9.17, 15) is 0 Å². The van der Waals surface area contributed by atoms with Crippen LogP contribution in [0.2, 0.25) is 5.32 Å². The molecule has 0 radical (unpaired) electrons. The topological polar surface area (TPSA) is 36.9 Å². The zero-order valence-electron chi connectivity index (χ0n) is 7.25. The quantitative estimate of drug-likeness (QED) is 0.709. The molecule has 3 heteroatoms. The molecule has 0 spiro atoms. The number of ether oxygens (including phenoxy) is 1. The van der Waals surface area contributed by atoms with Crippen LogP contribution in [0.15, 0.2) is 24.3 Å². The van der Waals surface area contributed by atoms with Crippen LogP contribution in [-0.4, -0.2) is 28.6 Å². The first-order valence-electron chi connectivity index (χ1n) is 3.93. The van der Waals surface area contributed by atoms with Gasteiger partial charge >= 0.3 is 78.9 Å². The number of hydrogen-bond acceptors (Lipinski definition) is 1. The average Bonchev–Trinajstić information content (AvgIpc) is 2.15. The summed E-state index contributed by atoms with van der Waals surface area (Å²) in [5.74, 6) is 0.934. The second-order valence-corrected chi connectivity index (χ2v) is 4.83. The maximum atomic E-state index is 5.07. The first kappa shape index (κ1) is 9.59. The van der Waals surface area contributed by atoms with Crippen molar-refractivity contribution in [3.63, 3.8) is 0 Å². The molecule has 3 N–H and O–H groups in total. The van der Waals surface area contributed by atoms with Crippen LogP contribution in [0.5, 0.6) is 5.75 Å². The molecule has 0 aliphatic rings. The molecule has 0 amide bonds. The van der Waals surface area contributed by atoms with Crippen molar-refractivity contribution in [3.05, 3.63) is 24.3 Å². The fraction of sp³-hybridized carbons (Fsp3) is 0.333. The number of rotatable bonds is 4. The van der Waals surface area contributed by atoms with E-state index in [1.54, 1.807) is 7.11 Å². The van der Waals surface area contributed by atoms with Gasteiger partial charge in [-0.15, -0.1) is 0 Å². The number of quaternary nitrogens is 1. The standard InChI is InChI=1S/C9H13NOSe/c1-11-8-2-4-9(5-3-8)12-7-6-10/h2-5H,6-7,10H2,1H3/p+1.